The minimum atomic E-state index is -0.551. The number of primary amides is 1. The van der Waals surface area contributed by atoms with Crippen LogP contribution in [0.5, 0.6) is 5.75 Å². The smallest absolute Gasteiger partial charge is 0.255 e. The zero-order valence-corrected chi connectivity index (χ0v) is 11.8. The van der Waals surface area contributed by atoms with Gasteiger partial charge in [-0.1, -0.05) is 6.07 Å². The topological polar surface area (TPSA) is 103 Å². The van der Waals surface area contributed by atoms with Gasteiger partial charge in [0.25, 0.3) is 5.91 Å². The molecule has 2 unspecified atom stereocenters. The quantitative estimate of drug-likeness (QED) is 0.678. The molecular weight excluding hydrogens is 274 g/mol. The van der Waals surface area contributed by atoms with Crippen LogP contribution in [0.25, 0.3) is 0 Å². The summed E-state index contributed by atoms with van der Waals surface area (Å²) in [5.74, 6) is -0.201. The third kappa shape index (κ3) is 4.44. The number of nitrogens with one attached hydrogen (secondary N) is 2. The third-order valence-electron chi connectivity index (χ3n) is 3.22. The second kappa shape index (κ2) is 7.05. The molecule has 1 fully saturated rings. The van der Waals surface area contributed by atoms with Crippen LogP contribution in [0, 0.1) is 0 Å². The fourth-order valence-electron chi connectivity index (χ4n) is 2.13. The average Bonchev–Trinajstić information content (AvgIpc) is 2.94. The van der Waals surface area contributed by atoms with E-state index < -0.39 is 5.91 Å². The van der Waals surface area contributed by atoms with Crippen LogP contribution in [0.3, 0.4) is 0 Å². The molecule has 0 radical (unpaired) electrons. The van der Waals surface area contributed by atoms with Crippen molar-refractivity contribution in [1.29, 1.82) is 0 Å². The number of carbonyl (C=O) groups is 2. The molecule has 0 bridgehead atoms. The fraction of sp³-hybridized carbons (Fsp3) is 0.429. The van der Waals surface area contributed by atoms with Crippen LogP contribution in [0.2, 0.25) is 0 Å². The van der Waals surface area contributed by atoms with Gasteiger partial charge in [0.15, 0.2) is 6.61 Å². The number of hydrogen-bond donors (Lipinski definition) is 3. The van der Waals surface area contributed by atoms with E-state index in [-0.39, 0.29) is 24.7 Å². The second-order valence-electron chi connectivity index (χ2n) is 4.83. The first-order valence-corrected chi connectivity index (χ1v) is 6.66. The molecule has 2 amide bonds. The van der Waals surface area contributed by atoms with Gasteiger partial charge >= 0.3 is 0 Å². The summed E-state index contributed by atoms with van der Waals surface area (Å²) >= 11 is 0. The molecule has 114 valence electrons. The van der Waals surface area contributed by atoms with Crippen LogP contribution in [0.4, 0.5) is 5.69 Å². The van der Waals surface area contributed by atoms with E-state index in [4.69, 9.17) is 15.2 Å². The number of hydrogen-bond acceptors (Lipinski definition) is 5. The summed E-state index contributed by atoms with van der Waals surface area (Å²) in [6.45, 7) is 0.466. The molecule has 2 rings (SSSR count). The molecule has 21 heavy (non-hydrogen) atoms. The Morgan fingerprint density at radius 2 is 2.29 bits per heavy atom. The van der Waals surface area contributed by atoms with Gasteiger partial charge in [0.05, 0.1) is 12.1 Å². The number of carbonyl (C=O) groups excluding carboxylic acids is 2. The minimum absolute atomic E-state index is 0.0611. The van der Waals surface area contributed by atoms with Crippen LogP contribution < -0.4 is 21.1 Å². The minimum Gasteiger partial charge on any atom is -0.484 e. The molecule has 0 spiro atoms. The predicted octanol–water partition coefficient (Wildman–Crippen LogP) is -0.134. The molecule has 1 aliphatic heterocycles. The van der Waals surface area contributed by atoms with E-state index in [2.05, 4.69) is 10.6 Å². The lowest BCUT2D eigenvalue weighted by atomic mass is 10.2. The van der Waals surface area contributed by atoms with Crippen LogP contribution in [-0.2, 0) is 14.3 Å². The summed E-state index contributed by atoms with van der Waals surface area (Å²) < 4.78 is 10.4. The monoisotopic (exact) mass is 293 g/mol. The van der Waals surface area contributed by atoms with E-state index in [0.717, 1.165) is 0 Å². The third-order valence-corrected chi connectivity index (χ3v) is 3.22. The van der Waals surface area contributed by atoms with Gasteiger partial charge in [0.1, 0.15) is 5.75 Å². The Hall–Kier alpha value is -2.12. The molecule has 1 saturated heterocycles. The molecule has 0 saturated carbocycles. The molecule has 7 heteroatoms. The molecule has 1 aromatic rings. The first kappa shape index (κ1) is 15.3. The number of anilines is 1. The van der Waals surface area contributed by atoms with Gasteiger partial charge in [0, 0.05) is 25.4 Å². The highest BCUT2D eigenvalue weighted by atomic mass is 16.5. The van der Waals surface area contributed by atoms with E-state index in [0.29, 0.717) is 24.4 Å². The Bertz CT molecular complexity index is 521. The van der Waals surface area contributed by atoms with Gasteiger partial charge in [-0.2, -0.15) is 0 Å². The molecule has 4 N–H and O–H groups in total. The maximum absolute atomic E-state index is 12.1. The lowest BCUT2D eigenvalue weighted by Crippen LogP contribution is -2.35. The molecule has 0 aliphatic carbocycles. The zero-order chi connectivity index (χ0) is 15.2. The van der Waals surface area contributed by atoms with Gasteiger partial charge in [-0.3, -0.25) is 9.59 Å². The normalized spacial score (nSPS) is 21.0. The lowest BCUT2D eigenvalue weighted by molar-refractivity contribution is -0.120. The van der Waals surface area contributed by atoms with Crippen molar-refractivity contribution in [1.82, 2.24) is 5.32 Å². The van der Waals surface area contributed by atoms with E-state index in [1.54, 1.807) is 31.4 Å². The number of ether oxygens (including phenoxy) is 2. The van der Waals surface area contributed by atoms with Crippen molar-refractivity contribution in [3.8, 4) is 5.75 Å². The van der Waals surface area contributed by atoms with Crippen molar-refractivity contribution in [3.63, 3.8) is 0 Å². The van der Waals surface area contributed by atoms with Crippen molar-refractivity contribution < 1.29 is 19.1 Å². The van der Waals surface area contributed by atoms with Gasteiger partial charge in [-0.25, -0.2) is 0 Å². The summed E-state index contributed by atoms with van der Waals surface area (Å²) in [7, 11) is 1.63. The summed E-state index contributed by atoms with van der Waals surface area (Å²) in [5, 5.41) is 5.91. The molecule has 2 atom stereocenters. The summed E-state index contributed by atoms with van der Waals surface area (Å²) in [4.78, 5) is 22.8. The molecule has 7 nitrogen and oxygen atoms in total. The number of benzene rings is 1. The second-order valence-corrected chi connectivity index (χ2v) is 4.83. The summed E-state index contributed by atoms with van der Waals surface area (Å²) in [6.07, 6.45) is 0.700. The molecule has 1 heterocycles. The summed E-state index contributed by atoms with van der Waals surface area (Å²) in [6, 6.07) is 6.53. The lowest BCUT2D eigenvalue weighted by Gasteiger charge is -2.12. The number of methoxy groups -OCH3 is 1. The first-order valence-electron chi connectivity index (χ1n) is 6.66. The van der Waals surface area contributed by atoms with E-state index in [9.17, 15) is 9.59 Å². The van der Waals surface area contributed by atoms with Crippen molar-refractivity contribution >= 4 is 17.5 Å². The van der Waals surface area contributed by atoms with Crippen LogP contribution in [-0.4, -0.2) is 44.2 Å². The fourth-order valence-corrected chi connectivity index (χ4v) is 2.13. The highest BCUT2D eigenvalue weighted by Crippen LogP contribution is 2.18. The Labute approximate surface area is 122 Å². The number of rotatable bonds is 6. The van der Waals surface area contributed by atoms with Crippen molar-refractivity contribution in [2.75, 3.05) is 25.6 Å². The average molecular weight is 293 g/mol. The van der Waals surface area contributed by atoms with E-state index in [1.165, 1.54) is 0 Å². The Balaban J connectivity index is 1.91. The largest absolute Gasteiger partial charge is 0.484 e. The van der Waals surface area contributed by atoms with Crippen molar-refractivity contribution in [2.45, 2.75) is 18.6 Å². The summed E-state index contributed by atoms with van der Waals surface area (Å²) in [5.41, 5.74) is 5.62. The van der Waals surface area contributed by atoms with Crippen LogP contribution in [0.15, 0.2) is 24.3 Å². The Morgan fingerprint density at radius 1 is 1.48 bits per heavy atom. The SMILES string of the molecule is COC1CNC(C(=O)Nc2cccc(OCC(N)=O)c2)C1. The first-order chi connectivity index (χ1) is 10.1. The maximum Gasteiger partial charge on any atom is 0.255 e. The predicted molar refractivity (Wildman–Crippen MR) is 77.0 cm³/mol. The van der Waals surface area contributed by atoms with E-state index >= 15 is 0 Å². The van der Waals surface area contributed by atoms with Crippen molar-refractivity contribution in [3.05, 3.63) is 24.3 Å². The highest BCUT2D eigenvalue weighted by molar-refractivity contribution is 5.95. The molecule has 0 aromatic heterocycles. The van der Waals surface area contributed by atoms with E-state index in [1.807, 2.05) is 0 Å². The van der Waals surface area contributed by atoms with Gasteiger partial charge in [-0.05, 0) is 18.6 Å². The standard InChI is InChI=1S/C14H19N3O4/c1-20-11-6-12(16-7-11)14(19)17-9-3-2-4-10(5-9)21-8-13(15)18/h2-5,11-12,16H,6-8H2,1H3,(H2,15,18)(H,17,19). The van der Waals surface area contributed by atoms with Gasteiger partial charge in [-0.15, -0.1) is 0 Å². The zero-order valence-electron chi connectivity index (χ0n) is 11.8. The molecular formula is C14H19N3O4. The van der Waals surface area contributed by atoms with Crippen molar-refractivity contribution in [2.24, 2.45) is 5.73 Å². The Morgan fingerprint density at radius 3 is 2.95 bits per heavy atom. The van der Waals surface area contributed by atoms with Crippen LogP contribution in [0.1, 0.15) is 6.42 Å². The number of nitrogens with two attached hydrogens (primary N) is 1. The molecule has 1 aliphatic rings. The Kier molecular flexibility index (Phi) is 5.13. The maximum atomic E-state index is 12.1. The van der Waals surface area contributed by atoms with Gasteiger partial charge in [0.2, 0.25) is 5.91 Å². The highest BCUT2D eigenvalue weighted by Gasteiger charge is 2.29. The van der Waals surface area contributed by atoms with Crippen LogP contribution >= 0.6 is 0 Å². The van der Waals surface area contributed by atoms with Gasteiger partial charge < -0.3 is 25.8 Å². The molecule has 1 aromatic carbocycles. The number of amides is 2.